The van der Waals surface area contributed by atoms with Gasteiger partial charge in [-0.15, -0.1) is 0 Å². The average Bonchev–Trinajstić information content (AvgIpc) is 3.16. The van der Waals surface area contributed by atoms with E-state index in [0.29, 0.717) is 28.7 Å². The van der Waals surface area contributed by atoms with Crippen LogP contribution in [-0.2, 0) is 0 Å². The van der Waals surface area contributed by atoms with Crippen LogP contribution in [-0.4, -0.2) is 29.8 Å². The second kappa shape index (κ2) is 7.20. The Labute approximate surface area is 155 Å². The summed E-state index contributed by atoms with van der Waals surface area (Å²) in [6.45, 7) is 0.183. The number of methoxy groups -OCH3 is 1. The van der Waals surface area contributed by atoms with Crippen molar-refractivity contribution in [1.82, 2.24) is 9.97 Å². The van der Waals surface area contributed by atoms with Crippen molar-refractivity contribution in [2.24, 2.45) is 0 Å². The molecule has 4 rings (SSSR count). The number of ether oxygens (including phenoxy) is 3. The molecule has 0 fully saturated rings. The van der Waals surface area contributed by atoms with E-state index in [2.05, 4.69) is 20.6 Å². The number of nitrogens with one attached hydrogen (secondary N) is 2. The van der Waals surface area contributed by atoms with Gasteiger partial charge in [-0.05, 0) is 24.3 Å². The molecule has 0 atom stereocenters. The molecule has 0 saturated carbocycles. The highest BCUT2D eigenvalue weighted by Gasteiger charge is 2.15. The topological polar surface area (TPSA) is 94.6 Å². The largest absolute Gasteiger partial charge is 0.497 e. The van der Waals surface area contributed by atoms with Crippen LogP contribution in [0.15, 0.2) is 54.9 Å². The molecule has 1 aliphatic rings. The van der Waals surface area contributed by atoms with Crippen LogP contribution in [0.3, 0.4) is 0 Å². The monoisotopic (exact) mass is 364 g/mol. The van der Waals surface area contributed by atoms with Gasteiger partial charge in [-0.1, -0.05) is 6.07 Å². The molecule has 27 heavy (non-hydrogen) atoms. The third-order valence-electron chi connectivity index (χ3n) is 3.87. The summed E-state index contributed by atoms with van der Waals surface area (Å²) in [5.74, 6) is 2.04. The molecule has 8 heteroatoms. The van der Waals surface area contributed by atoms with Crippen LogP contribution in [0.2, 0.25) is 0 Å². The van der Waals surface area contributed by atoms with Crippen LogP contribution in [0.25, 0.3) is 0 Å². The molecule has 1 aromatic heterocycles. The lowest BCUT2D eigenvalue weighted by Crippen LogP contribution is -2.13. The van der Waals surface area contributed by atoms with Crippen molar-refractivity contribution >= 4 is 23.2 Å². The van der Waals surface area contributed by atoms with Crippen LogP contribution < -0.4 is 24.8 Å². The molecule has 136 valence electrons. The van der Waals surface area contributed by atoms with Gasteiger partial charge in [-0.3, -0.25) is 4.79 Å². The smallest absolute Gasteiger partial charge is 0.258 e. The number of aromatic nitrogens is 2. The molecule has 0 radical (unpaired) electrons. The number of amides is 1. The van der Waals surface area contributed by atoms with Crippen molar-refractivity contribution in [2.45, 2.75) is 0 Å². The lowest BCUT2D eigenvalue weighted by atomic mass is 10.2. The molecule has 0 bridgehead atoms. The zero-order valence-corrected chi connectivity index (χ0v) is 14.4. The summed E-state index contributed by atoms with van der Waals surface area (Å²) in [6, 6.07) is 12.6. The van der Waals surface area contributed by atoms with Gasteiger partial charge in [0.1, 0.15) is 5.75 Å². The highest BCUT2D eigenvalue weighted by atomic mass is 16.7. The van der Waals surface area contributed by atoms with Crippen molar-refractivity contribution in [3.05, 3.63) is 60.4 Å². The highest BCUT2D eigenvalue weighted by Crippen LogP contribution is 2.34. The van der Waals surface area contributed by atoms with Crippen LogP contribution in [0, 0.1) is 0 Å². The maximum Gasteiger partial charge on any atom is 0.258 e. The fourth-order valence-corrected chi connectivity index (χ4v) is 2.52. The lowest BCUT2D eigenvalue weighted by Gasteiger charge is -2.08. The van der Waals surface area contributed by atoms with Gasteiger partial charge < -0.3 is 24.8 Å². The van der Waals surface area contributed by atoms with Crippen molar-refractivity contribution in [2.75, 3.05) is 24.5 Å². The second-order valence-corrected chi connectivity index (χ2v) is 5.67. The van der Waals surface area contributed by atoms with Crippen LogP contribution in [0.4, 0.5) is 17.3 Å². The fraction of sp³-hybridized carbons (Fsp3) is 0.105. The van der Waals surface area contributed by atoms with E-state index in [9.17, 15) is 4.79 Å². The molecule has 8 nitrogen and oxygen atoms in total. The minimum absolute atomic E-state index is 0.183. The number of benzene rings is 2. The highest BCUT2D eigenvalue weighted by molar-refractivity contribution is 6.04. The Balaban J connectivity index is 1.43. The Hall–Kier alpha value is -3.81. The number of fused-ring (bicyclic) bond motifs is 1. The third kappa shape index (κ3) is 3.74. The van der Waals surface area contributed by atoms with Crippen molar-refractivity contribution in [1.29, 1.82) is 0 Å². The normalized spacial score (nSPS) is 11.7. The maximum absolute atomic E-state index is 12.4. The molecule has 2 aromatic carbocycles. The summed E-state index contributed by atoms with van der Waals surface area (Å²) in [5.41, 5.74) is 1.72. The van der Waals surface area contributed by atoms with E-state index in [1.807, 2.05) is 24.3 Å². The molecule has 0 spiro atoms. The van der Waals surface area contributed by atoms with Crippen molar-refractivity contribution in [3.63, 3.8) is 0 Å². The van der Waals surface area contributed by atoms with Gasteiger partial charge in [-0.25, -0.2) is 9.97 Å². The molecule has 0 aliphatic carbocycles. The molecule has 1 amide bonds. The van der Waals surface area contributed by atoms with Crippen LogP contribution >= 0.6 is 0 Å². The molecular formula is C19H16N4O4. The first kappa shape index (κ1) is 16.6. The molecule has 2 N–H and O–H groups in total. The van der Waals surface area contributed by atoms with Crippen molar-refractivity contribution in [3.8, 4) is 17.2 Å². The lowest BCUT2D eigenvalue weighted by molar-refractivity contribution is 0.102. The van der Waals surface area contributed by atoms with E-state index in [1.54, 1.807) is 25.3 Å². The Morgan fingerprint density at radius 3 is 2.67 bits per heavy atom. The molecule has 3 aromatic rings. The van der Waals surface area contributed by atoms with Gasteiger partial charge in [0.05, 0.1) is 12.7 Å². The van der Waals surface area contributed by atoms with Gasteiger partial charge in [-0.2, -0.15) is 0 Å². The van der Waals surface area contributed by atoms with E-state index in [-0.39, 0.29) is 12.7 Å². The van der Waals surface area contributed by atoms with E-state index in [1.165, 1.54) is 12.4 Å². The van der Waals surface area contributed by atoms with Crippen molar-refractivity contribution < 1.29 is 19.0 Å². The number of carbonyl (C=O) groups is 1. The number of hydrogen-bond donors (Lipinski definition) is 2. The number of nitrogens with zero attached hydrogens (tertiary/aromatic N) is 2. The summed E-state index contributed by atoms with van der Waals surface area (Å²) in [6.07, 6.45) is 2.91. The quantitative estimate of drug-likeness (QED) is 0.718. The number of rotatable bonds is 5. The Bertz CT molecular complexity index is 976. The standard InChI is InChI=1S/C19H16N4O4/c1-25-15-4-2-3-13(7-15)23-19-20-9-12(10-21-19)18(24)22-14-5-6-16-17(8-14)27-11-26-16/h2-10H,11H2,1H3,(H,22,24)(H,20,21,23). The van der Waals surface area contributed by atoms with Gasteiger partial charge in [0.25, 0.3) is 5.91 Å². The average molecular weight is 364 g/mol. The Morgan fingerprint density at radius 2 is 1.85 bits per heavy atom. The summed E-state index contributed by atoms with van der Waals surface area (Å²) in [5, 5.41) is 5.84. The predicted molar refractivity (Wildman–Crippen MR) is 98.8 cm³/mol. The Morgan fingerprint density at radius 1 is 1.04 bits per heavy atom. The predicted octanol–water partition coefficient (Wildman–Crippen LogP) is 3.21. The molecular weight excluding hydrogens is 348 g/mol. The summed E-state index contributed by atoms with van der Waals surface area (Å²) in [7, 11) is 1.60. The third-order valence-corrected chi connectivity index (χ3v) is 3.87. The first-order valence-electron chi connectivity index (χ1n) is 8.15. The number of carbonyl (C=O) groups excluding carboxylic acids is 1. The summed E-state index contributed by atoms with van der Waals surface area (Å²) in [4.78, 5) is 20.7. The molecule has 1 aliphatic heterocycles. The summed E-state index contributed by atoms with van der Waals surface area (Å²) >= 11 is 0. The molecule has 0 unspecified atom stereocenters. The maximum atomic E-state index is 12.4. The summed E-state index contributed by atoms with van der Waals surface area (Å²) < 4.78 is 15.7. The number of hydrogen-bond acceptors (Lipinski definition) is 7. The first-order chi connectivity index (χ1) is 13.2. The van der Waals surface area contributed by atoms with Gasteiger partial charge in [0, 0.05) is 35.9 Å². The van der Waals surface area contributed by atoms with E-state index < -0.39 is 0 Å². The number of anilines is 3. The van der Waals surface area contributed by atoms with Gasteiger partial charge in [0.2, 0.25) is 12.7 Å². The molecule has 2 heterocycles. The van der Waals surface area contributed by atoms with Gasteiger partial charge in [0.15, 0.2) is 11.5 Å². The molecule has 0 saturated heterocycles. The minimum Gasteiger partial charge on any atom is -0.497 e. The fourth-order valence-electron chi connectivity index (χ4n) is 2.52. The zero-order chi connectivity index (χ0) is 18.6. The second-order valence-electron chi connectivity index (χ2n) is 5.67. The van der Waals surface area contributed by atoms with Crippen LogP contribution in [0.1, 0.15) is 10.4 Å². The Kier molecular flexibility index (Phi) is 4.44. The first-order valence-corrected chi connectivity index (χ1v) is 8.15. The van der Waals surface area contributed by atoms with E-state index in [0.717, 1.165) is 11.4 Å². The zero-order valence-electron chi connectivity index (χ0n) is 14.4. The SMILES string of the molecule is COc1cccc(Nc2ncc(C(=O)Nc3ccc4c(c3)OCO4)cn2)c1. The van der Waals surface area contributed by atoms with Crippen LogP contribution in [0.5, 0.6) is 17.2 Å². The van der Waals surface area contributed by atoms with E-state index >= 15 is 0 Å². The van der Waals surface area contributed by atoms with E-state index in [4.69, 9.17) is 14.2 Å². The van der Waals surface area contributed by atoms with Gasteiger partial charge >= 0.3 is 0 Å². The minimum atomic E-state index is -0.318.